The molecule has 2 aromatic rings. The number of hydrogen-bond donors (Lipinski definition) is 1. The number of piperidine rings is 2. The fourth-order valence-corrected chi connectivity index (χ4v) is 10.1. The average Bonchev–Trinajstić information content (AvgIpc) is 4.21. The molecule has 15 nitrogen and oxygen atoms in total. The van der Waals surface area contributed by atoms with Gasteiger partial charge in [-0.15, -0.1) is 0 Å². The fraction of sp³-hybridized carbons (Fsp3) is 0.685. The number of halogens is 14. The Labute approximate surface area is 483 Å². The Morgan fingerprint density at radius 2 is 1.01 bits per heavy atom. The van der Waals surface area contributed by atoms with E-state index in [0.717, 1.165) is 54.1 Å². The van der Waals surface area contributed by atoms with Crippen LogP contribution in [0.4, 0.5) is 62.3 Å². The van der Waals surface area contributed by atoms with Crippen molar-refractivity contribution >= 4 is 53.6 Å². The van der Waals surface area contributed by atoms with Crippen LogP contribution in [-0.2, 0) is 35.1 Å². The van der Waals surface area contributed by atoms with E-state index in [2.05, 4.69) is 19.7 Å². The zero-order valence-corrected chi connectivity index (χ0v) is 48.2. The third-order valence-electron chi connectivity index (χ3n) is 13.4. The Kier molecular flexibility index (Phi) is 24.8. The second-order valence-corrected chi connectivity index (χ2v) is 23.3. The predicted molar refractivity (Wildman–Crippen MR) is 278 cm³/mol. The van der Waals surface area contributed by atoms with Crippen molar-refractivity contribution in [3.05, 3.63) is 57.6 Å². The smallest absolute Gasteiger partial charge is 0.434 e. The van der Waals surface area contributed by atoms with E-state index in [0.29, 0.717) is 91.5 Å². The molecule has 2 aromatic carbocycles. The highest BCUT2D eigenvalue weighted by Crippen LogP contribution is 2.42. The summed E-state index contributed by atoms with van der Waals surface area (Å²) in [7, 11) is 0. The first kappa shape index (κ1) is 70.3. The van der Waals surface area contributed by atoms with Gasteiger partial charge in [-0.25, -0.2) is 9.59 Å². The summed E-state index contributed by atoms with van der Waals surface area (Å²) in [6.07, 6.45) is -26.9. The van der Waals surface area contributed by atoms with Crippen LogP contribution >= 0.6 is 23.2 Å². The van der Waals surface area contributed by atoms with E-state index in [1.807, 2.05) is 26.8 Å². The molecule has 0 saturated carbocycles. The molecule has 4 aliphatic heterocycles. The number of rotatable bonds is 15. The van der Waals surface area contributed by atoms with Gasteiger partial charge >= 0.3 is 48.8 Å². The largest absolute Gasteiger partial charge is 0.494 e. The van der Waals surface area contributed by atoms with Crippen LogP contribution in [0.2, 0.25) is 10.0 Å². The quantitative estimate of drug-likeness (QED) is 0.0590. The first-order valence-corrected chi connectivity index (χ1v) is 27.4. The molecule has 0 bridgehead atoms. The van der Waals surface area contributed by atoms with Crippen LogP contribution in [0, 0.1) is 0 Å². The van der Waals surface area contributed by atoms with Crippen molar-refractivity contribution < 1.29 is 105 Å². The SMILES string of the molecule is CC(C)(C)OC(=O)CCCOc1cc(Cl)cc(C=O)c1.CC(C)(C)OC(=O)CCCOc1cc(Cl)cc(CN2CCCC23CCN(C(=O)OC(C(F)(F)F)C(F)(F)F)CC3)c1.O=C(OC(C(F)(F)F)C(F)(F)F)N1CCC2(CCCN2)CC1. The lowest BCUT2D eigenvalue weighted by Gasteiger charge is -2.45. The molecule has 4 fully saturated rings. The molecule has 470 valence electrons. The summed E-state index contributed by atoms with van der Waals surface area (Å²) in [5, 5.41) is 4.18. The number of amides is 2. The number of esters is 2. The number of hydrogen-bond acceptors (Lipinski definition) is 13. The van der Waals surface area contributed by atoms with Crippen LogP contribution in [0.5, 0.6) is 11.5 Å². The Hall–Kier alpha value is -5.15. The van der Waals surface area contributed by atoms with Gasteiger partial charge in [-0.05, 0) is 161 Å². The van der Waals surface area contributed by atoms with E-state index >= 15 is 0 Å². The molecule has 0 atom stereocenters. The van der Waals surface area contributed by atoms with Crippen molar-refractivity contribution in [2.75, 3.05) is 52.5 Å². The zero-order valence-electron chi connectivity index (χ0n) is 46.7. The van der Waals surface area contributed by atoms with Crippen LogP contribution in [-0.4, -0.2) is 157 Å². The van der Waals surface area contributed by atoms with Crippen molar-refractivity contribution in [1.29, 1.82) is 0 Å². The lowest BCUT2D eigenvalue weighted by atomic mass is 9.85. The van der Waals surface area contributed by atoms with Gasteiger partial charge in [0.15, 0.2) is 0 Å². The summed E-state index contributed by atoms with van der Waals surface area (Å²) in [5.41, 5.74) is -0.217. The molecule has 4 aliphatic rings. The summed E-state index contributed by atoms with van der Waals surface area (Å²) < 4.78 is 180. The number of benzene rings is 2. The molecular formula is C54H70Cl2F12N4O11. The average molecular weight is 1250 g/mol. The molecule has 0 radical (unpaired) electrons. The standard InChI is InChI=1S/C27H35ClF6N2O5.C15H19ClO4.C12H16F6N2O2/c1-24(2,3)41-21(37)6-4-13-39-20-15-18(14-19(28)16-20)17-36-10-5-7-25(36)8-11-35(12-9-25)23(38)40-22(26(29,30)31)27(32,33)34;1-15(2,3)20-14(18)5-4-6-19-13-8-11(10-17)7-12(16)9-13;13-11(14,15)8(12(16,17)18)22-9(21)20-6-3-10(4-7-20)2-1-5-19-10/h14-16,22H,4-13,17H2,1-3H3;7-10H,4-6H2,1-3H3;8,19H,1-7H2. The van der Waals surface area contributed by atoms with E-state index in [-0.39, 0.29) is 62.2 Å². The van der Waals surface area contributed by atoms with E-state index in [9.17, 15) is 76.7 Å². The first-order valence-electron chi connectivity index (χ1n) is 26.6. The van der Waals surface area contributed by atoms with Gasteiger partial charge < -0.3 is 43.5 Å². The Morgan fingerprint density at radius 1 is 0.578 bits per heavy atom. The van der Waals surface area contributed by atoms with Gasteiger partial charge in [-0.2, -0.15) is 52.7 Å². The number of carbonyl (C=O) groups is 5. The van der Waals surface area contributed by atoms with Gasteiger partial charge in [0.05, 0.1) is 13.2 Å². The van der Waals surface area contributed by atoms with Crippen molar-refractivity contribution in [2.24, 2.45) is 0 Å². The summed E-state index contributed by atoms with van der Waals surface area (Å²) >= 11 is 12.2. The summed E-state index contributed by atoms with van der Waals surface area (Å²) in [4.78, 5) is 61.8. The fourth-order valence-electron chi connectivity index (χ4n) is 9.66. The Morgan fingerprint density at radius 3 is 1.42 bits per heavy atom. The van der Waals surface area contributed by atoms with Crippen molar-refractivity contribution in [1.82, 2.24) is 20.0 Å². The molecule has 83 heavy (non-hydrogen) atoms. The molecule has 0 aliphatic carbocycles. The molecule has 6 rings (SSSR count). The van der Waals surface area contributed by atoms with Crippen LogP contribution in [0.1, 0.15) is 135 Å². The highest BCUT2D eigenvalue weighted by atomic mass is 35.5. The van der Waals surface area contributed by atoms with Crippen LogP contribution in [0.3, 0.4) is 0 Å². The maximum absolute atomic E-state index is 12.8. The van der Waals surface area contributed by atoms with Crippen molar-refractivity contribution in [3.8, 4) is 11.5 Å². The van der Waals surface area contributed by atoms with Gasteiger partial charge in [0.2, 0.25) is 0 Å². The molecule has 2 amide bonds. The molecular weight excluding hydrogens is 1180 g/mol. The van der Waals surface area contributed by atoms with Gasteiger partial charge in [0, 0.05) is 72.3 Å². The van der Waals surface area contributed by atoms with Gasteiger partial charge in [-0.3, -0.25) is 19.3 Å². The van der Waals surface area contributed by atoms with Gasteiger partial charge in [0.25, 0.3) is 12.2 Å². The first-order chi connectivity index (χ1) is 38.2. The normalized spacial score (nSPS) is 17.6. The van der Waals surface area contributed by atoms with E-state index in [4.69, 9.17) is 42.1 Å². The highest BCUT2D eigenvalue weighted by Gasteiger charge is 2.61. The molecule has 4 heterocycles. The summed E-state index contributed by atoms with van der Waals surface area (Å²) in [6, 6.07) is 10.1. The Balaban J connectivity index is 0.000000296. The van der Waals surface area contributed by atoms with E-state index in [1.54, 1.807) is 51.1 Å². The van der Waals surface area contributed by atoms with Gasteiger partial charge in [0.1, 0.15) is 29.0 Å². The highest BCUT2D eigenvalue weighted by molar-refractivity contribution is 6.31. The lowest BCUT2D eigenvalue weighted by Crippen LogP contribution is -2.54. The number of nitrogens with zero attached hydrogens (tertiary/aromatic N) is 3. The lowest BCUT2D eigenvalue weighted by molar-refractivity contribution is -0.309. The molecule has 29 heteroatoms. The van der Waals surface area contributed by atoms with E-state index < -0.39 is 60.3 Å². The minimum atomic E-state index is -5.76. The number of likely N-dealkylation sites (tertiary alicyclic amines) is 3. The maximum Gasteiger partial charge on any atom is 0.434 e. The second-order valence-electron chi connectivity index (χ2n) is 22.4. The number of carbonyl (C=O) groups excluding carboxylic acids is 5. The molecule has 0 aromatic heterocycles. The third kappa shape index (κ3) is 23.7. The maximum atomic E-state index is 12.8. The predicted octanol–water partition coefficient (Wildman–Crippen LogP) is 13.4. The molecule has 4 saturated heterocycles. The third-order valence-corrected chi connectivity index (χ3v) is 13.8. The van der Waals surface area contributed by atoms with E-state index in [1.165, 1.54) is 0 Å². The Bertz CT molecular complexity index is 2440. The van der Waals surface area contributed by atoms with Gasteiger partial charge in [-0.1, -0.05) is 23.2 Å². The van der Waals surface area contributed by atoms with Crippen LogP contribution < -0.4 is 14.8 Å². The second kappa shape index (κ2) is 29.3. The molecule has 1 N–H and O–H groups in total. The monoisotopic (exact) mass is 1250 g/mol. The van der Waals surface area contributed by atoms with Crippen molar-refractivity contribution in [2.45, 2.75) is 184 Å². The van der Waals surface area contributed by atoms with Crippen LogP contribution in [0.15, 0.2) is 36.4 Å². The minimum absolute atomic E-state index is 0.0284. The zero-order chi connectivity index (χ0) is 62.4. The van der Waals surface area contributed by atoms with Crippen molar-refractivity contribution in [3.63, 3.8) is 0 Å². The number of aldehydes is 1. The summed E-state index contributed by atoms with van der Waals surface area (Å²) in [6.45, 7) is 13.6. The number of nitrogens with one attached hydrogen (secondary N) is 1. The minimum Gasteiger partial charge on any atom is -0.494 e. The number of ether oxygens (including phenoxy) is 6. The number of alkyl halides is 12. The molecule has 0 unspecified atom stereocenters. The van der Waals surface area contributed by atoms with Crippen LogP contribution in [0.25, 0.3) is 0 Å². The topological polar surface area (TPSA) is 162 Å². The molecule has 2 spiro atoms. The summed E-state index contributed by atoms with van der Waals surface area (Å²) in [5.74, 6) is 0.489.